The normalized spacial score (nSPS) is 17.9. The molecule has 1 aliphatic heterocycles. The van der Waals surface area contributed by atoms with Crippen molar-refractivity contribution in [3.63, 3.8) is 0 Å². The largest absolute Gasteiger partial charge is 0.338 e. The number of rotatable bonds is 1. The lowest BCUT2D eigenvalue weighted by Crippen LogP contribution is -2.38. The number of aryl methyl sites for hydroxylation is 1. The van der Waals surface area contributed by atoms with Crippen LogP contribution < -0.4 is 5.32 Å². The molecule has 0 radical (unpaired) electrons. The van der Waals surface area contributed by atoms with E-state index in [0.29, 0.717) is 5.02 Å². The topological polar surface area (TPSA) is 71.4 Å². The zero-order valence-electron chi connectivity index (χ0n) is 14.3. The van der Waals surface area contributed by atoms with Crippen molar-refractivity contribution in [2.24, 2.45) is 0 Å². The fourth-order valence-electron chi connectivity index (χ4n) is 4.45. The van der Waals surface area contributed by atoms with Gasteiger partial charge in [-0.15, -0.1) is 0 Å². The lowest BCUT2D eigenvalue weighted by molar-refractivity contribution is 0.390. The highest BCUT2D eigenvalue weighted by atomic mass is 35.5. The van der Waals surface area contributed by atoms with Crippen LogP contribution in [-0.4, -0.2) is 31.0 Å². The minimum absolute atomic E-state index is 0.154. The van der Waals surface area contributed by atoms with Crippen molar-refractivity contribution < 1.29 is 0 Å². The van der Waals surface area contributed by atoms with Crippen LogP contribution in [-0.2, 0) is 12.1 Å². The lowest BCUT2D eigenvalue weighted by atomic mass is 10.1. The second-order valence-corrected chi connectivity index (χ2v) is 7.73. The molecule has 0 unspecified atom stereocenters. The third-order valence-electron chi connectivity index (χ3n) is 5.84. The van der Waals surface area contributed by atoms with Crippen molar-refractivity contribution in [2.45, 2.75) is 31.8 Å². The molecular formula is C19H17ClN6. The molecule has 26 heavy (non-hydrogen) atoms. The number of H-pyrrole nitrogens is 1. The summed E-state index contributed by atoms with van der Waals surface area (Å²) in [5, 5.41) is 6.34. The summed E-state index contributed by atoms with van der Waals surface area (Å²) in [6.45, 7) is 3.83. The van der Waals surface area contributed by atoms with Crippen molar-refractivity contribution in [3.05, 3.63) is 41.1 Å². The second-order valence-electron chi connectivity index (χ2n) is 7.36. The van der Waals surface area contributed by atoms with Crippen LogP contribution in [0.4, 0.5) is 0 Å². The van der Waals surface area contributed by atoms with Gasteiger partial charge in [0.25, 0.3) is 0 Å². The number of fused-ring (bicyclic) bond motifs is 5. The van der Waals surface area contributed by atoms with Crippen LogP contribution in [0, 0.1) is 6.92 Å². The molecule has 0 atom stereocenters. The Bertz CT molecular complexity index is 1200. The number of aromatic amines is 1. The maximum absolute atomic E-state index is 6.79. The average Bonchev–Trinajstić information content (AvgIpc) is 3.20. The van der Waals surface area contributed by atoms with Crippen molar-refractivity contribution >= 4 is 33.7 Å². The molecule has 1 saturated carbocycles. The van der Waals surface area contributed by atoms with Gasteiger partial charge in [0.15, 0.2) is 0 Å². The van der Waals surface area contributed by atoms with Gasteiger partial charge in [-0.1, -0.05) is 11.6 Å². The van der Waals surface area contributed by atoms with Crippen LogP contribution in [0.15, 0.2) is 24.7 Å². The molecule has 6 nitrogen and oxygen atoms in total. The molecule has 1 spiro atoms. The fourth-order valence-corrected chi connectivity index (χ4v) is 4.75. The third kappa shape index (κ3) is 1.73. The Labute approximate surface area is 154 Å². The molecule has 1 fully saturated rings. The van der Waals surface area contributed by atoms with E-state index in [2.05, 4.69) is 29.8 Å². The molecule has 0 bridgehead atoms. The van der Waals surface area contributed by atoms with E-state index in [1.807, 2.05) is 19.1 Å². The van der Waals surface area contributed by atoms with Crippen LogP contribution in [0.2, 0.25) is 5.02 Å². The summed E-state index contributed by atoms with van der Waals surface area (Å²) in [6.07, 6.45) is 5.81. The summed E-state index contributed by atoms with van der Waals surface area (Å²) in [4.78, 5) is 17.0. The maximum Gasteiger partial charge on any atom is 0.145 e. The van der Waals surface area contributed by atoms with Crippen molar-refractivity contribution in [1.82, 2.24) is 29.8 Å². The predicted octanol–water partition coefficient (Wildman–Crippen LogP) is 3.53. The third-order valence-corrected chi connectivity index (χ3v) is 6.23. The van der Waals surface area contributed by atoms with Gasteiger partial charge in [0, 0.05) is 41.3 Å². The Morgan fingerprint density at radius 1 is 1.23 bits per heavy atom. The Balaban J connectivity index is 1.78. The summed E-state index contributed by atoms with van der Waals surface area (Å²) < 4.78 is 2.44. The summed E-state index contributed by atoms with van der Waals surface area (Å²) in [6, 6.07) is 3.91. The molecule has 0 saturated heterocycles. The molecule has 4 aromatic rings. The van der Waals surface area contributed by atoms with E-state index in [1.54, 1.807) is 12.5 Å². The monoisotopic (exact) mass is 364 g/mol. The summed E-state index contributed by atoms with van der Waals surface area (Å²) in [7, 11) is 0. The van der Waals surface area contributed by atoms with Gasteiger partial charge < -0.3 is 14.9 Å². The first-order valence-corrected chi connectivity index (χ1v) is 9.26. The number of pyridine rings is 1. The van der Waals surface area contributed by atoms with Gasteiger partial charge in [0.05, 0.1) is 21.9 Å². The molecule has 2 N–H and O–H groups in total. The first kappa shape index (κ1) is 14.7. The molecule has 0 aromatic carbocycles. The van der Waals surface area contributed by atoms with Crippen molar-refractivity contribution in [3.8, 4) is 11.3 Å². The standard InChI is InChI=1S/C19H17ClN6/c1-10-13-14(16-15(20)11-3-2-6-22-17(11)25-16)12-7-21-8-19(4-5-19)26(12)18(13)24-9-23-10/h2-3,6,9,21H,4-5,7-8H2,1H3,(H,22,25). The van der Waals surface area contributed by atoms with E-state index in [1.165, 1.54) is 18.5 Å². The molecule has 5 heterocycles. The van der Waals surface area contributed by atoms with E-state index in [-0.39, 0.29) is 5.54 Å². The molecule has 4 aromatic heterocycles. The fraction of sp³-hybridized carbons (Fsp3) is 0.316. The van der Waals surface area contributed by atoms with Crippen LogP contribution >= 0.6 is 11.6 Å². The Morgan fingerprint density at radius 2 is 2.12 bits per heavy atom. The quantitative estimate of drug-likeness (QED) is 0.542. The number of nitrogens with one attached hydrogen (secondary N) is 2. The van der Waals surface area contributed by atoms with Crippen LogP contribution in [0.5, 0.6) is 0 Å². The van der Waals surface area contributed by atoms with Gasteiger partial charge in [0.2, 0.25) is 0 Å². The highest BCUT2D eigenvalue weighted by molar-refractivity contribution is 6.38. The molecule has 0 amide bonds. The number of hydrogen-bond acceptors (Lipinski definition) is 4. The molecular weight excluding hydrogens is 348 g/mol. The number of halogens is 1. The van der Waals surface area contributed by atoms with E-state index >= 15 is 0 Å². The first-order chi connectivity index (χ1) is 12.7. The SMILES string of the molecule is Cc1ncnc2c1c(-c1[nH]c3ncccc3c1Cl)c1n2C2(CC2)CNC1. The minimum atomic E-state index is 0.154. The van der Waals surface area contributed by atoms with E-state index in [9.17, 15) is 0 Å². The highest BCUT2D eigenvalue weighted by Gasteiger charge is 2.49. The minimum Gasteiger partial charge on any atom is -0.338 e. The second kappa shape index (κ2) is 4.84. The van der Waals surface area contributed by atoms with Crippen LogP contribution in [0.3, 0.4) is 0 Å². The van der Waals surface area contributed by atoms with Gasteiger partial charge in [-0.3, -0.25) is 0 Å². The van der Waals surface area contributed by atoms with Crippen LogP contribution in [0.25, 0.3) is 33.3 Å². The molecule has 7 heteroatoms. The van der Waals surface area contributed by atoms with Gasteiger partial charge in [-0.2, -0.15) is 0 Å². The van der Waals surface area contributed by atoms with E-state index in [0.717, 1.165) is 52.1 Å². The zero-order valence-corrected chi connectivity index (χ0v) is 15.1. The number of nitrogens with zero attached hydrogens (tertiary/aromatic N) is 4. The molecule has 2 aliphatic rings. The van der Waals surface area contributed by atoms with Gasteiger partial charge in [0.1, 0.15) is 17.6 Å². The van der Waals surface area contributed by atoms with Crippen LogP contribution in [0.1, 0.15) is 24.2 Å². The zero-order chi connectivity index (χ0) is 17.5. The maximum atomic E-state index is 6.79. The summed E-state index contributed by atoms with van der Waals surface area (Å²) >= 11 is 6.79. The predicted molar refractivity (Wildman–Crippen MR) is 101 cm³/mol. The van der Waals surface area contributed by atoms with Gasteiger partial charge >= 0.3 is 0 Å². The lowest BCUT2D eigenvalue weighted by Gasteiger charge is -2.28. The van der Waals surface area contributed by atoms with E-state index < -0.39 is 0 Å². The Kier molecular flexibility index (Phi) is 2.74. The number of hydrogen-bond donors (Lipinski definition) is 2. The Morgan fingerprint density at radius 3 is 2.92 bits per heavy atom. The molecule has 6 rings (SSSR count). The van der Waals surface area contributed by atoms with Gasteiger partial charge in [-0.05, 0) is 31.9 Å². The summed E-state index contributed by atoms with van der Waals surface area (Å²) in [5.74, 6) is 0. The molecule has 130 valence electrons. The molecule has 1 aliphatic carbocycles. The van der Waals surface area contributed by atoms with Crippen molar-refractivity contribution in [1.29, 1.82) is 0 Å². The smallest absolute Gasteiger partial charge is 0.145 e. The highest BCUT2D eigenvalue weighted by Crippen LogP contribution is 2.51. The van der Waals surface area contributed by atoms with Crippen molar-refractivity contribution in [2.75, 3.05) is 6.54 Å². The average molecular weight is 365 g/mol. The Hall–Kier alpha value is -2.44. The van der Waals surface area contributed by atoms with Gasteiger partial charge in [-0.25, -0.2) is 15.0 Å². The number of aromatic nitrogens is 5. The van der Waals surface area contributed by atoms with E-state index in [4.69, 9.17) is 11.6 Å². The summed E-state index contributed by atoms with van der Waals surface area (Å²) in [5.41, 5.74) is 6.22. The first-order valence-electron chi connectivity index (χ1n) is 8.88.